The molecule has 0 aliphatic carbocycles. The summed E-state index contributed by atoms with van der Waals surface area (Å²) in [6, 6.07) is 11.3. The van der Waals surface area contributed by atoms with Gasteiger partial charge < -0.3 is 14.6 Å². The summed E-state index contributed by atoms with van der Waals surface area (Å²) in [4.78, 5) is 12.2. The van der Waals surface area contributed by atoms with Gasteiger partial charge in [0.2, 0.25) is 0 Å². The Bertz CT molecular complexity index is 711. The van der Waals surface area contributed by atoms with Crippen LogP contribution >= 0.6 is 0 Å². The van der Waals surface area contributed by atoms with Gasteiger partial charge in [0, 0.05) is 5.56 Å². The SMILES string of the molecule is C=C(NNC(=O)c1ccc(OC)c(OC)c1)c1ccc(O)cc1. The van der Waals surface area contributed by atoms with Crippen LogP contribution < -0.4 is 20.3 Å². The highest BCUT2D eigenvalue weighted by Crippen LogP contribution is 2.27. The van der Waals surface area contributed by atoms with E-state index < -0.39 is 0 Å². The van der Waals surface area contributed by atoms with Gasteiger partial charge in [0.15, 0.2) is 11.5 Å². The number of rotatable bonds is 6. The summed E-state index contributed by atoms with van der Waals surface area (Å²) in [7, 11) is 3.03. The molecule has 3 N–H and O–H groups in total. The van der Waals surface area contributed by atoms with E-state index in [1.54, 1.807) is 42.5 Å². The predicted molar refractivity (Wildman–Crippen MR) is 87.3 cm³/mol. The molecule has 0 spiro atoms. The second kappa shape index (κ2) is 7.22. The van der Waals surface area contributed by atoms with E-state index in [0.29, 0.717) is 22.8 Å². The maximum Gasteiger partial charge on any atom is 0.269 e. The molecule has 2 rings (SSSR count). The standard InChI is InChI=1S/C17H18N2O4/c1-11(12-4-7-14(20)8-5-12)18-19-17(21)13-6-9-15(22-2)16(10-13)23-3/h4-10,18,20H,1H2,2-3H3,(H,19,21). The van der Waals surface area contributed by atoms with Crippen molar-refractivity contribution >= 4 is 11.6 Å². The van der Waals surface area contributed by atoms with Crippen LogP contribution in [0.3, 0.4) is 0 Å². The van der Waals surface area contributed by atoms with Crippen LogP contribution in [0.2, 0.25) is 0 Å². The summed E-state index contributed by atoms with van der Waals surface area (Å²) in [6.07, 6.45) is 0. The summed E-state index contributed by atoms with van der Waals surface area (Å²) < 4.78 is 10.3. The first-order valence-corrected chi connectivity index (χ1v) is 6.82. The van der Waals surface area contributed by atoms with Crippen LogP contribution in [0.4, 0.5) is 0 Å². The van der Waals surface area contributed by atoms with Gasteiger partial charge in [0.25, 0.3) is 5.91 Å². The molecule has 2 aromatic rings. The Balaban J connectivity index is 2.02. The lowest BCUT2D eigenvalue weighted by molar-refractivity contribution is 0.0942. The summed E-state index contributed by atoms with van der Waals surface area (Å²) in [5.74, 6) is 0.838. The third-order valence-corrected chi connectivity index (χ3v) is 3.19. The number of phenols is 1. The maximum absolute atomic E-state index is 12.2. The number of hydrazine groups is 1. The molecule has 6 heteroatoms. The lowest BCUT2D eigenvalue weighted by Crippen LogP contribution is -2.35. The molecule has 2 aromatic carbocycles. The van der Waals surface area contributed by atoms with Crippen molar-refractivity contribution in [3.8, 4) is 17.2 Å². The molecule has 23 heavy (non-hydrogen) atoms. The van der Waals surface area contributed by atoms with Crippen LogP contribution in [0, 0.1) is 0 Å². The van der Waals surface area contributed by atoms with Crippen LogP contribution in [0.1, 0.15) is 15.9 Å². The van der Waals surface area contributed by atoms with Crippen molar-refractivity contribution in [2.24, 2.45) is 0 Å². The Labute approximate surface area is 134 Å². The van der Waals surface area contributed by atoms with Gasteiger partial charge >= 0.3 is 0 Å². The zero-order valence-electron chi connectivity index (χ0n) is 12.9. The maximum atomic E-state index is 12.2. The van der Waals surface area contributed by atoms with Gasteiger partial charge in [-0.3, -0.25) is 15.6 Å². The third-order valence-electron chi connectivity index (χ3n) is 3.19. The fourth-order valence-electron chi connectivity index (χ4n) is 1.92. The smallest absolute Gasteiger partial charge is 0.269 e. The molecule has 0 aliphatic rings. The molecule has 1 amide bonds. The summed E-state index contributed by atoms with van der Waals surface area (Å²) >= 11 is 0. The summed E-state index contributed by atoms with van der Waals surface area (Å²) in [5, 5.41) is 9.26. The highest BCUT2D eigenvalue weighted by atomic mass is 16.5. The minimum Gasteiger partial charge on any atom is -0.508 e. The molecule has 0 saturated carbocycles. The van der Waals surface area contributed by atoms with Crippen LogP contribution in [-0.2, 0) is 0 Å². The van der Waals surface area contributed by atoms with Gasteiger partial charge in [-0.05, 0) is 48.0 Å². The molecule has 0 aromatic heterocycles. The Hall–Kier alpha value is -3.15. The molecule has 0 heterocycles. The Kier molecular flexibility index (Phi) is 5.09. The molecule has 120 valence electrons. The lowest BCUT2D eigenvalue weighted by Gasteiger charge is -2.13. The van der Waals surface area contributed by atoms with Crippen molar-refractivity contribution in [2.45, 2.75) is 0 Å². The van der Waals surface area contributed by atoms with Gasteiger partial charge in [-0.15, -0.1) is 0 Å². The van der Waals surface area contributed by atoms with Crippen LogP contribution in [0.5, 0.6) is 17.2 Å². The number of carbonyl (C=O) groups is 1. The molecular formula is C17H18N2O4. The molecule has 0 unspecified atom stereocenters. The van der Waals surface area contributed by atoms with E-state index in [9.17, 15) is 9.90 Å². The Morgan fingerprint density at radius 2 is 1.57 bits per heavy atom. The molecular weight excluding hydrogens is 296 g/mol. The van der Waals surface area contributed by atoms with Crippen molar-refractivity contribution in [3.05, 3.63) is 60.2 Å². The average molecular weight is 314 g/mol. The number of ether oxygens (including phenoxy) is 2. The zero-order valence-corrected chi connectivity index (χ0v) is 12.9. The summed E-state index contributed by atoms with van der Waals surface area (Å²) in [6.45, 7) is 3.83. The average Bonchev–Trinajstić information content (AvgIpc) is 2.59. The lowest BCUT2D eigenvalue weighted by atomic mass is 10.2. The second-order valence-electron chi connectivity index (χ2n) is 4.67. The van der Waals surface area contributed by atoms with E-state index in [2.05, 4.69) is 17.4 Å². The molecule has 0 atom stereocenters. The first-order chi connectivity index (χ1) is 11.0. The summed E-state index contributed by atoms with van der Waals surface area (Å²) in [5.41, 5.74) is 6.94. The van der Waals surface area contributed by atoms with Gasteiger partial charge in [-0.1, -0.05) is 6.58 Å². The topological polar surface area (TPSA) is 79.8 Å². The highest BCUT2D eigenvalue weighted by molar-refractivity contribution is 5.95. The van der Waals surface area contributed by atoms with Gasteiger partial charge in [0.05, 0.1) is 19.9 Å². The van der Waals surface area contributed by atoms with Crippen LogP contribution in [0.15, 0.2) is 49.0 Å². The van der Waals surface area contributed by atoms with Crippen molar-refractivity contribution in [1.82, 2.24) is 10.9 Å². The van der Waals surface area contributed by atoms with Crippen molar-refractivity contribution in [1.29, 1.82) is 0 Å². The van der Waals surface area contributed by atoms with E-state index in [0.717, 1.165) is 5.56 Å². The fourth-order valence-corrected chi connectivity index (χ4v) is 1.92. The van der Waals surface area contributed by atoms with E-state index >= 15 is 0 Å². The van der Waals surface area contributed by atoms with Gasteiger partial charge in [-0.2, -0.15) is 0 Å². The fraction of sp³-hybridized carbons (Fsp3) is 0.118. The molecule has 0 bridgehead atoms. The van der Waals surface area contributed by atoms with Gasteiger partial charge in [0.1, 0.15) is 5.75 Å². The predicted octanol–water partition coefficient (Wildman–Crippen LogP) is 2.31. The molecule has 0 saturated heterocycles. The minimum atomic E-state index is -0.342. The second-order valence-corrected chi connectivity index (χ2v) is 4.67. The molecule has 0 fully saturated rings. The molecule has 0 aliphatic heterocycles. The van der Waals surface area contributed by atoms with Crippen molar-refractivity contribution < 1.29 is 19.4 Å². The molecule has 6 nitrogen and oxygen atoms in total. The monoisotopic (exact) mass is 314 g/mol. The highest BCUT2D eigenvalue weighted by Gasteiger charge is 2.10. The minimum absolute atomic E-state index is 0.163. The quantitative estimate of drug-likeness (QED) is 0.713. The largest absolute Gasteiger partial charge is 0.508 e. The third kappa shape index (κ3) is 3.94. The van der Waals surface area contributed by atoms with Crippen LogP contribution in [-0.4, -0.2) is 25.2 Å². The number of benzene rings is 2. The van der Waals surface area contributed by atoms with Gasteiger partial charge in [-0.25, -0.2) is 0 Å². The van der Waals surface area contributed by atoms with Crippen LogP contribution in [0.25, 0.3) is 5.70 Å². The zero-order chi connectivity index (χ0) is 16.8. The first kappa shape index (κ1) is 16.2. The normalized spacial score (nSPS) is 9.83. The number of aromatic hydroxyl groups is 1. The first-order valence-electron chi connectivity index (χ1n) is 6.82. The number of carbonyl (C=O) groups excluding carboxylic acids is 1. The van der Waals surface area contributed by atoms with E-state index in [1.165, 1.54) is 14.2 Å². The molecule has 0 radical (unpaired) electrons. The number of amides is 1. The van der Waals surface area contributed by atoms with E-state index in [4.69, 9.17) is 9.47 Å². The number of hydrogen-bond donors (Lipinski definition) is 3. The number of nitrogens with one attached hydrogen (secondary N) is 2. The Morgan fingerprint density at radius 1 is 0.957 bits per heavy atom. The van der Waals surface area contributed by atoms with Crippen molar-refractivity contribution in [3.63, 3.8) is 0 Å². The van der Waals surface area contributed by atoms with Crippen molar-refractivity contribution in [2.75, 3.05) is 14.2 Å². The number of methoxy groups -OCH3 is 2. The number of hydrogen-bond acceptors (Lipinski definition) is 5. The number of phenolic OH excluding ortho intramolecular Hbond substituents is 1. The Morgan fingerprint density at radius 3 is 2.17 bits per heavy atom. The van der Waals surface area contributed by atoms with E-state index in [1.807, 2.05) is 0 Å². The van der Waals surface area contributed by atoms with E-state index in [-0.39, 0.29) is 11.7 Å².